The minimum absolute atomic E-state index is 0.401. The highest BCUT2D eigenvalue weighted by atomic mass is 32.2. The van der Waals surface area contributed by atoms with Crippen LogP contribution in [0.1, 0.15) is 23.6 Å². The number of anilines is 1. The van der Waals surface area contributed by atoms with Crippen LogP contribution in [0.25, 0.3) is 0 Å². The van der Waals surface area contributed by atoms with Crippen LogP contribution in [-0.2, 0) is 20.0 Å². The van der Waals surface area contributed by atoms with E-state index in [1.165, 1.54) is 0 Å². The minimum atomic E-state index is -3.57. The van der Waals surface area contributed by atoms with Gasteiger partial charge >= 0.3 is 0 Å². The Balaban J connectivity index is 1.90. The Morgan fingerprint density at radius 1 is 1.00 bits per heavy atom. The second kappa shape index (κ2) is 7.44. The molecule has 1 aliphatic heterocycles. The largest absolute Gasteiger partial charge is 0.497 e. The van der Waals surface area contributed by atoms with E-state index in [0.29, 0.717) is 23.6 Å². The number of hydrogen-bond acceptors (Lipinski definition) is 6. The summed E-state index contributed by atoms with van der Waals surface area (Å²) in [4.78, 5) is 0. The van der Waals surface area contributed by atoms with Crippen molar-refractivity contribution >= 4 is 31.4 Å². The van der Waals surface area contributed by atoms with E-state index >= 15 is 0 Å². The molecule has 1 atom stereocenters. The molecule has 0 radical (unpaired) electrons. The minimum Gasteiger partial charge on any atom is -0.497 e. The van der Waals surface area contributed by atoms with Gasteiger partial charge in [0.05, 0.1) is 31.4 Å². The molecule has 1 heterocycles. The number of methoxy groups -OCH3 is 1. The molecule has 1 N–H and O–H groups in total. The molecule has 0 saturated heterocycles. The van der Waals surface area contributed by atoms with E-state index < -0.39 is 26.1 Å². The number of nitrogens with one attached hydrogen (secondary N) is 1. The van der Waals surface area contributed by atoms with Crippen molar-refractivity contribution < 1.29 is 21.6 Å². The molecule has 150 valence electrons. The van der Waals surface area contributed by atoms with Crippen LogP contribution in [0, 0.1) is 0 Å². The second-order valence-corrected chi connectivity index (χ2v) is 10.1. The smallest absolute Gasteiger partial charge is 0.247 e. The number of sulfonamides is 2. The molecule has 8 nitrogen and oxygen atoms in total. The molecular formula is C18H21N3O5S2. The zero-order chi connectivity index (χ0) is 20.5. The Morgan fingerprint density at radius 3 is 2.11 bits per heavy atom. The lowest BCUT2D eigenvalue weighted by molar-refractivity contribution is 0.374. The van der Waals surface area contributed by atoms with Gasteiger partial charge in [-0.25, -0.2) is 16.8 Å². The highest BCUT2D eigenvalue weighted by molar-refractivity contribution is 7.92. The van der Waals surface area contributed by atoms with E-state index in [4.69, 9.17) is 4.74 Å². The number of rotatable bonds is 6. The third-order valence-electron chi connectivity index (χ3n) is 4.23. The molecule has 0 bridgehead atoms. The summed E-state index contributed by atoms with van der Waals surface area (Å²) in [7, 11) is -5.37. The van der Waals surface area contributed by atoms with E-state index in [-0.39, 0.29) is 0 Å². The van der Waals surface area contributed by atoms with E-state index in [2.05, 4.69) is 9.82 Å². The lowest BCUT2D eigenvalue weighted by Gasteiger charge is -2.21. The maximum Gasteiger partial charge on any atom is 0.247 e. The Labute approximate surface area is 164 Å². The van der Waals surface area contributed by atoms with Crippen molar-refractivity contribution in [2.24, 2.45) is 5.10 Å². The van der Waals surface area contributed by atoms with Gasteiger partial charge in [-0.1, -0.05) is 24.3 Å². The summed E-state index contributed by atoms with van der Waals surface area (Å²) in [5, 5.41) is 4.33. The summed E-state index contributed by atoms with van der Waals surface area (Å²) in [6.07, 6.45) is 2.60. The van der Waals surface area contributed by atoms with Crippen LogP contribution in [0.5, 0.6) is 5.75 Å². The maximum atomic E-state index is 12.2. The zero-order valence-electron chi connectivity index (χ0n) is 15.7. The number of hydrazone groups is 1. The molecule has 3 rings (SSSR count). The summed E-state index contributed by atoms with van der Waals surface area (Å²) in [5.41, 5.74) is 2.57. The molecule has 0 aliphatic carbocycles. The summed E-state index contributed by atoms with van der Waals surface area (Å²) in [6.45, 7) is 0. The first-order valence-corrected chi connectivity index (χ1v) is 12.1. The Bertz CT molecular complexity index is 1090. The van der Waals surface area contributed by atoms with Gasteiger partial charge in [0.15, 0.2) is 0 Å². The highest BCUT2D eigenvalue weighted by Gasteiger charge is 2.34. The van der Waals surface area contributed by atoms with Gasteiger partial charge in [-0.3, -0.25) is 4.72 Å². The zero-order valence-corrected chi connectivity index (χ0v) is 17.3. The normalized spacial score (nSPS) is 17.3. The molecule has 0 fully saturated rings. The molecule has 1 unspecified atom stereocenters. The van der Waals surface area contributed by atoms with Gasteiger partial charge in [-0.2, -0.15) is 9.52 Å². The monoisotopic (exact) mass is 423 g/mol. The van der Waals surface area contributed by atoms with Crippen molar-refractivity contribution in [3.8, 4) is 5.75 Å². The predicted octanol–water partition coefficient (Wildman–Crippen LogP) is 2.18. The lowest BCUT2D eigenvalue weighted by atomic mass is 9.99. The van der Waals surface area contributed by atoms with Crippen molar-refractivity contribution in [1.29, 1.82) is 0 Å². The van der Waals surface area contributed by atoms with Crippen molar-refractivity contribution in [2.75, 3.05) is 24.3 Å². The van der Waals surface area contributed by atoms with Crippen LogP contribution in [0.4, 0.5) is 5.69 Å². The molecule has 0 aromatic heterocycles. The van der Waals surface area contributed by atoms with Gasteiger partial charge < -0.3 is 4.74 Å². The molecule has 10 heteroatoms. The third-order valence-corrected chi connectivity index (χ3v) is 5.86. The third kappa shape index (κ3) is 4.63. The molecule has 2 aromatic carbocycles. The predicted molar refractivity (Wildman–Crippen MR) is 108 cm³/mol. The average molecular weight is 424 g/mol. The molecule has 0 saturated carbocycles. The van der Waals surface area contributed by atoms with Crippen LogP contribution in [-0.4, -0.2) is 46.6 Å². The molecule has 1 aliphatic rings. The number of nitrogens with zero attached hydrogens (tertiary/aromatic N) is 2. The average Bonchev–Trinajstić information content (AvgIpc) is 3.07. The lowest BCUT2D eigenvalue weighted by Crippen LogP contribution is -2.25. The van der Waals surface area contributed by atoms with E-state index in [1.807, 2.05) is 12.1 Å². The summed E-state index contributed by atoms with van der Waals surface area (Å²) in [6, 6.07) is 13.4. The van der Waals surface area contributed by atoms with Crippen LogP contribution in [0.3, 0.4) is 0 Å². The van der Waals surface area contributed by atoms with Crippen LogP contribution >= 0.6 is 0 Å². The first-order chi connectivity index (χ1) is 13.1. The van der Waals surface area contributed by atoms with E-state index in [9.17, 15) is 16.8 Å². The molecule has 0 amide bonds. The highest BCUT2D eigenvalue weighted by Crippen LogP contribution is 2.35. The maximum absolute atomic E-state index is 12.2. The van der Waals surface area contributed by atoms with Gasteiger partial charge in [0.25, 0.3) is 0 Å². The van der Waals surface area contributed by atoms with E-state index in [0.717, 1.165) is 28.1 Å². The Morgan fingerprint density at radius 2 is 1.61 bits per heavy atom. The van der Waals surface area contributed by atoms with Gasteiger partial charge in [-0.05, 0) is 35.4 Å². The Kier molecular flexibility index (Phi) is 5.35. The quantitative estimate of drug-likeness (QED) is 0.767. The number of benzene rings is 2. The fourth-order valence-corrected chi connectivity index (χ4v) is 4.46. The molecular weight excluding hydrogens is 402 g/mol. The van der Waals surface area contributed by atoms with Crippen LogP contribution in [0.2, 0.25) is 0 Å². The van der Waals surface area contributed by atoms with Gasteiger partial charge in [0, 0.05) is 12.1 Å². The van der Waals surface area contributed by atoms with Gasteiger partial charge in [0.2, 0.25) is 20.0 Å². The van der Waals surface area contributed by atoms with E-state index in [1.54, 1.807) is 43.5 Å². The molecule has 2 aromatic rings. The van der Waals surface area contributed by atoms with Crippen molar-refractivity contribution in [1.82, 2.24) is 4.41 Å². The SMILES string of the molecule is COc1ccc(C2CC(c3ccc(NS(C)(=O)=O)cc3)=NN2S(C)(=O)=O)cc1. The number of ether oxygens (including phenoxy) is 1. The summed E-state index contributed by atoms with van der Waals surface area (Å²) in [5.74, 6) is 0.683. The topological polar surface area (TPSA) is 105 Å². The first kappa shape index (κ1) is 20.2. The van der Waals surface area contributed by atoms with Gasteiger partial charge in [-0.15, -0.1) is 0 Å². The van der Waals surface area contributed by atoms with Crippen molar-refractivity contribution in [3.63, 3.8) is 0 Å². The Hall–Kier alpha value is -2.59. The number of hydrogen-bond donors (Lipinski definition) is 1. The fraction of sp³-hybridized carbons (Fsp3) is 0.278. The summed E-state index contributed by atoms with van der Waals surface area (Å²) < 4.78 is 55.8. The molecule has 0 spiro atoms. The fourth-order valence-electron chi connectivity index (χ4n) is 2.99. The second-order valence-electron chi connectivity index (χ2n) is 6.53. The molecule has 28 heavy (non-hydrogen) atoms. The standard InChI is InChI=1S/C18H21N3O5S2/c1-26-16-10-6-14(7-11-16)18-12-17(19-21(18)28(3,24)25)13-4-8-15(9-5-13)20-27(2,22)23/h4-11,18,20H,12H2,1-3H3. The van der Waals surface area contributed by atoms with Crippen molar-refractivity contribution in [2.45, 2.75) is 12.5 Å². The van der Waals surface area contributed by atoms with Crippen molar-refractivity contribution in [3.05, 3.63) is 59.7 Å². The summed E-state index contributed by atoms with van der Waals surface area (Å²) >= 11 is 0. The first-order valence-electron chi connectivity index (χ1n) is 8.36. The van der Waals surface area contributed by atoms with Crippen LogP contribution in [0.15, 0.2) is 53.6 Å². The van der Waals surface area contributed by atoms with Crippen LogP contribution < -0.4 is 9.46 Å². The van der Waals surface area contributed by atoms with Gasteiger partial charge in [0.1, 0.15) is 5.75 Å².